The summed E-state index contributed by atoms with van der Waals surface area (Å²) in [5.74, 6) is 0. The minimum Gasteiger partial charge on any atom is -0.258 e. The fourth-order valence-corrected chi connectivity index (χ4v) is 0.630. The van der Waals surface area contributed by atoms with E-state index in [0.717, 1.165) is 0 Å². The van der Waals surface area contributed by atoms with Gasteiger partial charge in [0.15, 0.2) is 0 Å². The number of hydrogen-bond donors (Lipinski definition) is 0. The molecule has 0 amide bonds. The Kier molecular flexibility index (Phi) is 4.09. The van der Waals surface area contributed by atoms with Crippen LogP contribution < -0.4 is 0 Å². The van der Waals surface area contributed by atoms with Crippen LogP contribution in [0.5, 0.6) is 0 Å². The molecule has 0 aromatic rings. The van der Waals surface area contributed by atoms with E-state index < -0.39 is 4.92 Å². The summed E-state index contributed by atoms with van der Waals surface area (Å²) in [5, 5.41) is 18.8. The van der Waals surface area contributed by atoms with Crippen LogP contribution >= 0.6 is 0 Å². The molecule has 0 heterocycles. The van der Waals surface area contributed by atoms with Gasteiger partial charge >= 0.3 is 0 Å². The van der Waals surface area contributed by atoms with E-state index in [1.165, 1.54) is 18.2 Å². The molecule has 62 valence electrons. The number of nitro groups is 1. The van der Waals surface area contributed by atoms with Crippen LogP contribution in [0.25, 0.3) is 0 Å². The van der Waals surface area contributed by atoms with E-state index in [9.17, 15) is 10.1 Å². The number of allylic oxidation sites excluding steroid dienone is 4. The van der Waals surface area contributed by atoms with Crippen LogP contribution in [0.15, 0.2) is 36.1 Å². The van der Waals surface area contributed by atoms with Gasteiger partial charge in [-0.05, 0) is 6.92 Å². The van der Waals surface area contributed by atoms with Gasteiger partial charge in [-0.1, -0.05) is 18.7 Å². The van der Waals surface area contributed by atoms with Crippen LogP contribution in [0, 0.1) is 21.4 Å². The van der Waals surface area contributed by atoms with Crippen molar-refractivity contribution in [3.8, 4) is 6.07 Å². The van der Waals surface area contributed by atoms with E-state index in [-0.39, 0.29) is 11.3 Å². The zero-order valence-corrected chi connectivity index (χ0v) is 6.65. The van der Waals surface area contributed by atoms with Crippen molar-refractivity contribution >= 4 is 0 Å². The third-order valence-corrected chi connectivity index (χ3v) is 1.16. The second-order valence-corrected chi connectivity index (χ2v) is 1.86. The lowest BCUT2D eigenvalue weighted by molar-refractivity contribution is -0.420. The van der Waals surface area contributed by atoms with Gasteiger partial charge in [-0.3, -0.25) is 10.1 Å². The lowest BCUT2D eigenvalue weighted by Gasteiger charge is -1.92. The van der Waals surface area contributed by atoms with E-state index in [4.69, 9.17) is 5.26 Å². The average Bonchev–Trinajstić information content (AvgIpc) is 2.05. The van der Waals surface area contributed by atoms with Gasteiger partial charge in [0.1, 0.15) is 11.6 Å². The maximum absolute atomic E-state index is 10.3. The predicted molar refractivity (Wildman–Crippen MR) is 44.6 cm³/mol. The first-order valence-corrected chi connectivity index (χ1v) is 3.21. The summed E-state index contributed by atoms with van der Waals surface area (Å²) in [6.45, 7) is 4.88. The van der Waals surface area contributed by atoms with E-state index in [0.29, 0.717) is 0 Å². The summed E-state index contributed by atoms with van der Waals surface area (Å²) in [6, 6.07) is 1.72. The Labute approximate surface area is 70.3 Å². The number of hydrogen-bond acceptors (Lipinski definition) is 3. The van der Waals surface area contributed by atoms with Crippen molar-refractivity contribution in [2.24, 2.45) is 0 Å². The Bertz CT molecular complexity index is 295. The van der Waals surface area contributed by atoms with Crippen molar-refractivity contribution < 1.29 is 4.92 Å². The highest BCUT2D eigenvalue weighted by molar-refractivity contribution is 5.38. The van der Waals surface area contributed by atoms with Crippen LogP contribution in [-0.2, 0) is 0 Å². The molecule has 0 unspecified atom stereocenters. The van der Waals surface area contributed by atoms with Crippen molar-refractivity contribution in [3.63, 3.8) is 0 Å². The molecule has 0 saturated heterocycles. The predicted octanol–water partition coefficient (Wildman–Crippen LogP) is 1.80. The van der Waals surface area contributed by atoms with E-state index in [1.807, 2.05) is 0 Å². The topological polar surface area (TPSA) is 66.9 Å². The molecule has 12 heavy (non-hydrogen) atoms. The first-order chi connectivity index (χ1) is 5.67. The molecule has 0 bridgehead atoms. The summed E-state index contributed by atoms with van der Waals surface area (Å²) in [6.07, 6.45) is 3.86. The quantitative estimate of drug-likeness (QED) is 0.276. The Morgan fingerprint density at radius 1 is 1.75 bits per heavy atom. The molecule has 4 heteroatoms. The molecule has 4 nitrogen and oxygen atoms in total. The molecule has 0 radical (unpaired) electrons. The fourth-order valence-electron chi connectivity index (χ4n) is 0.630. The molecule has 0 aliphatic heterocycles. The summed E-state index contributed by atoms with van der Waals surface area (Å²) in [7, 11) is 0. The van der Waals surface area contributed by atoms with E-state index in [1.54, 1.807) is 13.0 Å². The molecule has 0 atom stereocenters. The van der Waals surface area contributed by atoms with Gasteiger partial charge in [0.25, 0.3) is 5.70 Å². The SMILES string of the molecule is C=C/C=C(\C(C#N)=C/C)[N+](=O)[O-]. The minimum absolute atomic E-state index is 0.0416. The normalized spacial score (nSPS) is 12.0. The number of rotatable bonds is 3. The largest absolute Gasteiger partial charge is 0.286 e. The molecule has 0 aromatic heterocycles. The second-order valence-electron chi connectivity index (χ2n) is 1.86. The molecular formula is C8H8N2O2. The standard InChI is InChI=1S/C8H8N2O2/c1-3-5-8(10(11)12)7(4-2)6-9/h3-5H,1H2,2H3/b7-4-,8-5+. The number of nitriles is 1. The zero-order valence-electron chi connectivity index (χ0n) is 6.65. The van der Waals surface area contributed by atoms with Crippen molar-refractivity contribution in [2.75, 3.05) is 0 Å². The van der Waals surface area contributed by atoms with Crippen LogP contribution in [0.4, 0.5) is 0 Å². The summed E-state index contributed by atoms with van der Waals surface area (Å²) in [4.78, 5) is 9.74. The van der Waals surface area contributed by atoms with Gasteiger partial charge in [0.2, 0.25) is 0 Å². The van der Waals surface area contributed by atoms with Crippen LogP contribution in [0.2, 0.25) is 0 Å². The average molecular weight is 164 g/mol. The molecule has 0 aromatic carbocycles. The van der Waals surface area contributed by atoms with Gasteiger partial charge in [0.05, 0.1) is 4.92 Å². The van der Waals surface area contributed by atoms with Gasteiger partial charge in [-0.25, -0.2) is 0 Å². The third kappa shape index (κ3) is 2.39. The molecule has 0 aliphatic rings. The van der Waals surface area contributed by atoms with Crippen molar-refractivity contribution in [1.29, 1.82) is 5.26 Å². The van der Waals surface area contributed by atoms with Crippen molar-refractivity contribution in [3.05, 3.63) is 46.2 Å². The third-order valence-electron chi connectivity index (χ3n) is 1.16. The van der Waals surface area contributed by atoms with Crippen LogP contribution in [0.3, 0.4) is 0 Å². The Morgan fingerprint density at radius 3 is 2.58 bits per heavy atom. The van der Waals surface area contributed by atoms with Gasteiger partial charge in [-0.15, -0.1) is 0 Å². The molecular weight excluding hydrogens is 156 g/mol. The van der Waals surface area contributed by atoms with Gasteiger partial charge < -0.3 is 0 Å². The highest BCUT2D eigenvalue weighted by Gasteiger charge is 2.14. The maximum Gasteiger partial charge on any atom is 0.286 e. The Hall–Kier alpha value is -1.89. The lowest BCUT2D eigenvalue weighted by Crippen LogP contribution is -2.00. The first-order valence-electron chi connectivity index (χ1n) is 3.21. The molecule has 0 spiro atoms. The maximum atomic E-state index is 10.3. The molecule has 0 saturated carbocycles. The Balaban J connectivity index is 5.03. The first kappa shape index (κ1) is 10.1. The van der Waals surface area contributed by atoms with Gasteiger partial charge in [0, 0.05) is 6.08 Å². The highest BCUT2D eigenvalue weighted by Crippen LogP contribution is 2.09. The highest BCUT2D eigenvalue weighted by atomic mass is 16.6. The smallest absolute Gasteiger partial charge is 0.258 e. The summed E-state index contributed by atoms with van der Waals surface area (Å²) >= 11 is 0. The lowest BCUT2D eigenvalue weighted by atomic mass is 10.2. The molecule has 0 aliphatic carbocycles. The second kappa shape index (κ2) is 4.85. The van der Waals surface area contributed by atoms with Crippen molar-refractivity contribution in [2.45, 2.75) is 6.92 Å². The molecule has 0 fully saturated rings. The minimum atomic E-state index is -0.611. The Morgan fingerprint density at radius 2 is 2.33 bits per heavy atom. The zero-order chi connectivity index (χ0) is 9.56. The van der Waals surface area contributed by atoms with E-state index >= 15 is 0 Å². The van der Waals surface area contributed by atoms with Crippen molar-refractivity contribution in [1.82, 2.24) is 0 Å². The van der Waals surface area contributed by atoms with Gasteiger partial charge in [-0.2, -0.15) is 5.26 Å². The monoisotopic (exact) mass is 164 g/mol. The molecule has 0 N–H and O–H groups in total. The van der Waals surface area contributed by atoms with Crippen LogP contribution in [0.1, 0.15) is 6.92 Å². The molecule has 0 rings (SSSR count). The fraction of sp³-hybridized carbons (Fsp3) is 0.125. The van der Waals surface area contributed by atoms with E-state index in [2.05, 4.69) is 6.58 Å². The summed E-state index contributed by atoms with van der Waals surface area (Å²) < 4.78 is 0. The number of nitrogens with zero attached hydrogens (tertiary/aromatic N) is 2. The van der Waals surface area contributed by atoms with Crippen LogP contribution in [-0.4, -0.2) is 4.92 Å². The summed E-state index contributed by atoms with van der Waals surface area (Å²) in [5.41, 5.74) is -0.185.